The van der Waals surface area contributed by atoms with E-state index in [1.165, 1.54) is 4.90 Å². The van der Waals surface area contributed by atoms with E-state index in [9.17, 15) is 37.6 Å². The van der Waals surface area contributed by atoms with E-state index in [2.05, 4.69) is 16.0 Å². The molecular formula is C30H40F3N5O5. The maximum absolute atomic E-state index is 14.4. The third-order valence-corrected chi connectivity index (χ3v) is 11.4. The molecular weight excluding hydrogens is 567 g/mol. The lowest BCUT2D eigenvalue weighted by molar-refractivity contribution is -0.179. The quantitative estimate of drug-likeness (QED) is 0.405. The van der Waals surface area contributed by atoms with Crippen LogP contribution in [0.25, 0.3) is 0 Å². The number of hydrogen-bond donors (Lipinski definition) is 3. The Labute approximate surface area is 248 Å². The summed E-state index contributed by atoms with van der Waals surface area (Å²) in [6.07, 6.45) is -1.44. The number of nitriles is 1. The molecule has 2 saturated heterocycles. The third kappa shape index (κ3) is 5.27. The largest absolute Gasteiger partial charge is 0.471 e. The Morgan fingerprint density at radius 2 is 1.72 bits per heavy atom. The Balaban J connectivity index is 1.25. The van der Waals surface area contributed by atoms with Crippen molar-refractivity contribution in [2.75, 3.05) is 13.2 Å². The summed E-state index contributed by atoms with van der Waals surface area (Å²) < 4.78 is 46.2. The van der Waals surface area contributed by atoms with E-state index in [0.717, 1.165) is 19.3 Å². The maximum Gasteiger partial charge on any atom is 0.471 e. The fourth-order valence-electron chi connectivity index (χ4n) is 9.70. The van der Waals surface area contributed by atoms with Gasteiger partial charge in [0.15, 0.2) is 0 Å². The Morgan fingerprint density at radius 1 is 1.12 bits per heavy atom. The number of halogens is 3. The van der Waals surface area contributed by atoms with Crippen molar-refractivity contribution in [2.45, 2.75) is 102 Å². The number of piperidine rings is 1. The number of fused-ring (bicyclic) bond motifs is 1. The first-order valence-corrected chi connectivity index (χ1v) is 15.4. The van der Waals surface area contributed by atoms with Gasteiger partial charge in [-0.15, -0.1) is 0 Å². The number of carbonyl (C=O) groups excluding carboxylic acids is 4. The first kappa shape index (κ1) is 30.2. The van der Waals surface area contributed by atoms with E-state index in [1.807, 2.05) is 19.9 Å². The lowest BCUT2D eigenvalue weighted by Crippen LogP contribution is -2.65. The highest BCUT2D eigenvalue weighted by atomic mass is 19.4. The van der Waals surface area contributed by atoms with Gasteiger partial charge in [-0.05, 0) is 80.5 Å². The summed E-state index contributed by atoms with van der Waals surface area (Å²) in [5.74, 6) is -3.12. The minimum atomic E-state index is -5.15. The molecule has 4 bridgehead atoms. The molecule has 7 aliphatic rings. The van der Waals surface area contributed by atoms with Crippen LogP contribution in [0.15, 0.2) is 0 Å². The zero-order valence-corrected chi connectivity index (χ0v) is 24.7. The molecule has 7 atom stereocenters. The standard InChI is InChI=1S/C30H40F3N5O5/c1-14-13-43-20(24(39)35-14)7-18(11-34)36-25(40)22-21-19(28(21,2)3)12-38(22)26(41)23(37-27(42)30(31,32)33)29-8-15-4-16(9-29)6-17(5-15)10-29/h14-23H,4-10,12-13H2,1-3H3,(H,35,39)(H,36,40)(H,37,42)/t14?,15?,16?,17?,18-,19?,20?,21?,22?,23?,29?/m0/s1. The molecule has 5 saturated carbocycles. The van der Waals surface area contributed by atoms with Crippen molar-refractivity contribution in [3.8, 4) is 6.07 Å². The third-order valence-electron chi connectivity index (χ3n) is 11.4. The molecule has 0 spiro atoms. The van der Waals surface area contributed by atoms with Gasteiger partial charge in [0.1, 0.15) is 24.2 Å². The molecule has 6 unspecified atom stereocenters. The van der Waals surface area contributed by atoms with Crippen molar-refractivity contribution < 1.29 is 37.1 Å². The molecule has 0 aromatic carbocycles. The lowest BCUT2D eigenvalue weighted by Gasteiger charge is -2.59. The van der Waals surface area contributed by atoms with Gasteiger partial charge in [-0.3, -0.25) is 19.2 Å². The van der Waals surface area contributed by atoms with Crippen molar-refractivity contribution in [3.63, 3.8) is 0 Å². The van der Waals surface area contributed by atoms with E-state index in [1.54, 1.807) is 6.92 Å². The number of alkyl halides is 3. The van der Waals surface area contributed by atoms with Crippen molar-refractivity contribution >= 4 is 23.6 Å². The number of nitrogens with zero attached hydrogens (tertiary/aromatic N) is 2. The zero-order valence-electron chi connectivity index (χ0n) is 24.7. The number of carbonyl (C=O) groups is 4. The molecule has 236 valence electrons. The summed E-state index contributed by atoms with van der Waals surface area (Å²) >= 11 is 0. The van der Waals surface area contributed by atoms with Crippen LogP contribution in [0.1, 0.15) is 65.7 Å². The first-order chi connectivity index (χ1) is 20.1. The van der Waals surface area contributed by atoms with Crippen LogP contribution >= 0.6 is 0 Å². The molecule has 0 radical (unpaired) electrons. The van der Waals surface area contributed by atoms with Gasteiger partial charge in [0, 0.05) is 24.4 Å². The summed E-state index contributed by atoms with van der Waals surface area (Å²) in [4.78, 5) is 54.2. The van der Waals surface area contributed by atoms with E-state index in [0.29, 0.717) is 37.0 Å². The maximum atomic E-state index is 14.4. The average Bonchev–Trinajstić information content (AvgIpc) is 3.23. The summed E-state index contributed by atoms with van der Waals surface area (Å²) in [6.45, 7) is 6.19. The number of ether oxygens (including phenoxy) is 1. The molecule has 2 heterocycles. The van der Waals surface area contributed by atoms with Gasteiger partial charge in [0.2, 0.25) is 17.7 Å². The molecule has 7 fully saturated rings. The van der Waals surface area contributed by atoms with Crippen LogP contribution in [0.2, 0.25) is 0 Å². The van der Waals surface area contributed by atoms with Gasteiger partial charge in [0.05, 0.1) is 12.7 Å². The molecule has 0 aromatic rings. The molecule has 7 rings (SSSR count). The van der Waals surface area contributed by atoms with E-state index in [-0.39, 0.29) is 48.8 Å². The molecule has 0 aromatic heterocycles. The number of hydrogen-bond acceptors (Lipinski definition) is 6. The van der Waals surface area contributed by atoms with Crippen LogP contribution in [-0.4, -0.2) is 78.1 Å². The molecule has 2 aliphatic heterocycles. The second-order valence-electron chi connectivity index (χ2n) is 14.7. The van der Waals surface area contributed by atoms with Crippen molar-refractivity contribution in [2.24, 2.45) is 40.4 Å². The Bertz CT molecular complexity index is 1210. The molecule has 13 heteroatoms. The SMILES string of the molecule is CC1COC(C[C@@H](C#N)NC(=O)C2C3C(CN2C(=O)C(NC(=O)C(F)(F)F)C24CC5CC(CC(C5)C2)C4)C3(C)C)C(=O)N1. The highest BCUT2D eigenvalue weighted by molar-refractivity contribution is 5.95. The number of nitrogens with one attached hydrogen (secondary N) is 3. The Morgan fingerprint density at radius 3 is 2.26 bits per heavy atom. The summed E-state index contributed by atoms with van der Waals surface area (Å²) in [5.41, 5.74) is -1.07. The normalized spacial score (nSPS) is 40.1. The lowest BCUT2D eigenvalue weighted by atomic mass is 9.47. The monoisotopic (exact) mass is 607 g/mol. The highest BCUT2D eigenvalue weighted by Crippen LogP contribution is 2.66. The van der Waals surface area contributed by atoms with Crippen LogP contribution in [0.5, 0.6) is 0 Å². The number of rotatable bonds is 7. The number of amides is 4. The van der Waals surface area contributed by atoms with Gasteiger partial charge < -0.3 is 25.6 Å². The molecule has 5 aliphatic carbocycles. The summed E-state index contributed by atoms with van der Waals surface area (Å²) in [7, 11) is 0. The number of likely N-dealkylation sites (tertiary alicyclic amines) is 1. The fourth-order valence-corrected chi connectivity index (χ4v) is 9.70. The molecule has 43 heavy (non-hydrogen) atoms. The molecule has 4 amide bonds. The predicted molar refractivity (Wildman–Crippen MR) is 144 cm³/mol. The van der Waals surface area contributed by atoms with Crippen LogP contribution < -0.4 is 16.0 Å². The topological polar surface area (TPSA) is 141 Å². The van der Waals surface area contributed by atoms with Crippen LogP contribution in [0, 0.1) is 51.8 Å². The van der Waals surface area contributed by atoms with E-state index in [4.69, 9.17) is 4.74 Å². The summed E-state index contributed by atoms with van der Waals surface area (Å²) in [5, 5.41) is 17.4. The molecule has 3 N–H and O–H groups in total. The first-order valence-electron chi connectivity index (χ1n) is 15.4. The Kier molecular flexibility index (Phi) is 7.26. The Hall–Kier alpha value is -2.88. The average molecular weight is 608 g/mol. The van der Waals surface area contributed by atoms with Crippen LogP contribution in [0.4, 0.5) is 13.2 Å². The summed E-state index contributed by atoms with van der Waals surface area (Å²) in [6, 6.07) is -1.65. The van der Waals surface area contributed by atoms with Crippen molar-refractivity contribution in [3.05, 3.63) is 0 Å². The van der Waals surface area contributed by atoms with Crippen molar-refractivity contribution in [1.82, 2.24) is 20.9 Å². The van der Waals surface area contributed by atoms with Gasteiger partial charge in [-0.2, -0.15) is 18.4 Å². The second-order valence-corrected chi connectivity index (χ2v) is 14.7. The predicted octanol–water partition coefficient (Wildman–Crippen LogP) is 2.03. The smallest absolute Gasteiger partial charge is 0.366 e. The zero-order chi connectivity index (χ0) is 31.1. The minimum Gasteiger partial charge on any atom is -0.366 e. The number of morpholine rings is 1. The van der Waals surface area contributed by atoms with E-state index < -0.39 is 53.5 Å². The van der Waals surface area contributed by atoms with Crippen LogP contribution in [-0.2, 0) is 23.9 Å². The minimum absolute atomic E-state index is 0.0444. The van der Waals surface area contributed by atoms with Crippen molar-refractivity contribution in [1.29, 1.82) is 5.26 Å². The second kappa shape index (κ2) is 10.3. The van der Waals surface area contributed by atoms with Gasteiger partial charge >= 0.3 is 12.1 Å². The highest BCUT2D eigenvalue weighted by Gasteiger charge is 2.70. The molecule has 10 nitrogen and oxygen atoms in total. The van der Waals surface area contributed by atoms with Crippen LogP contribution in [0.3, 0.4) is 0 Å². The van der Waals surface area contributed by atoms with E-state index >= 15 is 0 Å². The van der Waals surface area contributed by atoms with Gasteiger partial charge in [-0.1, -0.05) is 13.8 Å². The fraction of sp³-hybridized carbons (Fsp3) is 0.833. The van der Waals surface area contributed by atoms with Gasteiger partial charge in [0.25, 0.3) is 0 Å². The van der Waals surface area contributed by atoms with Gasteiger partial charge in [-0.25, -0.2) is 0 Å².